The predicted octanol–water partition coefficient (Wildman–Crippen LogP) is 0.466. The van der Waals surface area contributed by atoms with E-state index in [4.69, 9.17) is 15.3 Å². The molecular formula is C5H6ClO3V-. The standard InChI is InChI=1S/C5H6ClO2.O.V/c1-4(7)2-5(8)3-6;;/h2H,3H2,1H3;;/q-1;;. The molecule has 0 aromatic rings. The second-order valence-electron chi connectivity index (χ2n) is 1.35. The van der Waals surface area contributed by atoms with Crippen LogP contribution in [-0.4, -0.2) is 17.4 Å². The van der Waals surface area contributed by atoms with E-state index < -0.39 is 0 Å². The van der Waals surface area contributed by atoms with Crippen LogP contribution in [0.5, 0.6) is 0 Å². The van der Waals surface area contributed by atoms with Gasteiger partial charge in [-0.15, -0.1) is 11.6 Å². The van der Waals surface area contributed by atoms with Crippen molar-refractivity contribution in [3.05, 3.63) is 6.42 Å². The Morgan fingerprint density at radius 2 is 1.90 bits per heavy atom. The van der Waals surface area contributed by atoms with E-state index in [0.29, 0.717) is 0 Å². The SMILES string of the molecule is CC(=O)[CH-]C(=O)CCl.[O]=[V]. The van der Waals surface area contributed by atoms with Gasteiger partial charge < -0.3 is 9.59 Å². The topological polar surface area (TPSA) is 51.2 Å². The molecule has 0 heterocycles. The molecule has 0 bridgehead atoms. The molecular weight excluding hydrogens is 194 g/mol. The number of halogens is 1. The van der Waals surface area contributed by atoms with Gasteiger partial charge in [0.1, 0.15) is 0 Å². The predicted molar refractivity (Wildman–Crippen MR) is 31.4 cm³/mol. The van der Waals surface area contributed by atoms with Crippen molar-refractivity contribution < 1.29 is 30.6 Å². The van der Waals surface area contributed by atoms with Crippen molar-refractivity contribution >= 4 is 23.2 Å². The van der Waals surface area contributed by atoms with Crippen LogP contribution in [0.15, 0.2) is 0 Å². The van der Waals surface area contributed by atoms with Gasteiger partial charge in [0.25, 0.3) is 0 Å². The summed E-state index contributed by atoms with van der Waals surface area (Å²) in [6.07, 6.45) is 0.979. The zero-order valence-electron chi connectivity index (χ0n) is 5.33. The summed E-state index contributed by atoms with van der Waals surface area (Å²) in [7, 11) is 0. The molecule has 0 saturated carbocycles. The number of carbonyl (C=O) groups is 2. The average molecular weight is 200 g/mol. The summed E-state index contributed by atoms with van der Waals surface area (Å²) < 4.78 is 8.19. The quantitative estimate of drug-likeness (QED) is 0.378. The molecule has 5 heteroatoms. The summed E-state index contributed by atoms with van der Waals surface area (Å²) in [6, 6.07) is 0. The molecule has 57 valence electrons. The second-order valence-corrected chi connectivity index (χ2v) is 1.62. The molecule has 0 radical (unpaired) electrons. The minimum atomic E-state index is -0.334. The van der Waals surface area contributed by atoms with E-state index in [-0.39, 0.29) is 17.4 Å². The van der Waals surface area contributed by atoms with Gasteiger partial charge in [-0.05, 0) is 6.92 Å². The first-order valence-electron chi connectivity index (χ1n) is 2.29. The van der Waals surface area contributed by atoms with Crippen LogP contribution in [-0.2, 0) is 30.6 Å². The van der Waals surface area contributed by atoms with Crippen LogP contribution in [0.2, 0.25) is 0 Å². The van der Waals surface area contributed by atoms with Crippen molar-refractivity contribution in [3.63, 3.8) is 0 Å². The van der Waals surface area contributed by atoms with Crippen LogP contribution < -0.4 is 0 Å². The van der Waals surface area contributed by atoms with E-state index in [9.17, 15) is 9.59 Å². The molecule has 0 atom stereocenters. The van der Waals surface area contributed by atoms with Crippen LogP contribution in [0.1, 0.15) is 6.92 Å². The van der Waals surface area contributed by atoms with Crippen molar-refractivity contribution in [2.45, 2.75) is 6.92 Å². The molecule has 0 rings (SSSR count). The Labute approximate surface area is 73.3 Å². The number of carbonyl (C=O) groups excluding carboxylic acids is 2. The Balaban J connectivity index is 0. The van der Waals surface area contributed by atoms with Crippen LogP contribution in [0.25, 0.3) is 0 Å². The van der Waals surface area contributed by atoms with Gasteiger partial charge in [0.2, 0.25) is 0 Å². The number of rotatable bonds is 3. The van der Waals surface area contributed by atoms with Gasteiger partial charge in [-0.25, -0.2) is 0 Å². The first-order chi connectivity index (χ1) is 4.66. The van der Waals surface area contributed by atoms with Crippen LogP contribution in [0, 0.1) is 6.42 Å². The van der Waals surface area contributed by atoms with E-state index >= 15 is 0 Å². The van der Waals surface area contributed by atoms with Gasteiger partial charge in [-0.2, -0.15) is 0 Å². The second kappa shape index (κ2) is 8.88. The molecule has 0 N–H and O–H groups in total. The Kier molecular flexibility index (Phi) is 11.2. The third-order valence-electron chi connectivity index (χ3n) is 0.496. The van der Waals surface area contributed by atoms with E-state index in [1.165, 1.54) is 6.92 Å². The first-order valence-corrected chi connectivity index (χ1v) is 3.39. The maximum absolute atomic E-state index is 10.2. The Bertz CT molecular complexity index is 126. The fourth-order valence-corrected chi connectivity index (χ4v) is 0.342. The molecule has 0 spiro atoms. The van der Waals surface area contributed by atoms with Crippen molar-refractivity contribution in [2.24, 2.45) is 0 Å². The van der Waals surface area contributed by atoms with E-state index in [1.54, 1.807) is 0 Å². The fraction of sp³-hybridized carbons (Fsp3) is 0.400. The third-order valence-corrected chi connectivity index (χ3v) is 0.759. The van der Waals surface area contributed by atoms with Crippen molar-refractivity contribution in [1.82, 2.24) is 0 Å². The molecule has 0 amide bonds. The molecule has 0 aromatic carbocycles. The monoisotopic (exact) mass is 200 g/mol. The molecule has 0 fully saturated rings. The van der Waals surface area contributed by atoms with Crippen LogP contribution >= 0.6 is 11.6 Å². The average Bonchev–Trinajstić information content (AvgIpc) is 1.91. The van der Waals surface area contributed by atoms with Crippen molar-refractivity contribution in [3.8, 4) is 0 Å². The summed E-state index contributed by atoms with van der Waals surface area (Å²) in [5, 5.41) is 0. The molecule has 0 aliphatic heterocycles. The van der Waals surface area contributed by atoms with E-state index in [1.807, 2.05) is 0 Å². The van der Waals surface area contributed by atoms with E-state index in [0.717, 1.165) is 23.8 Å². The zero-order chi connectivity index (χ0) is 8.57. The molecule has 0 unspecified atom stereocenters. The van der Waals surface area contributed by atoms with Gasteiger partial charge in [0, 0.05) is 11.6 Å². The zero-order valence-corrected chi connectivity index (χ0v) is 7.49. The molecule has 0 aromatic heterocycles. The fourth-order valence-electron chi connectivity index (χ4n) is 0.265. The van der Waals surface area contributed by atoms with Crippen molar-refractivity contribution in [2.75, 3.05) is 5.88 Å². The normalized spacial score (nSPS) is 6.90. The van der Waals surface area contributed by atoms with Crippen LogP contribution in [0.4, 0.5) is 0 Å². The van der Waals surface area contributed by atoms with Gasteiger partial charge in [-0.3, -0.25) is 6.42 Å². The van der Waals surface area contributed by atoms with Gasteiger partial charge in [-0.1, -0.05) is 0 Å². The summed E-state index contributed by atoms with van der Waals surface area (Å²) in [6.45, 7) is 1.31. The summed E-state index contributed by atoms with van der Waals surface area (Å²) >= 11 is 6.13. The Morgan fingerprint density at radius 3 is 2.00 bits per heavy atom. The number of alkyl halides is 1. The third kappa shape index (κ3) is 10.8. The Hall–Kier alpha value is -0.116. The number of hydrogen-bond acceptors (Lipinski definition) is 3. The number of hydrogen-bond donors (Lipinski definition) is 0. The van der Waals surface area contributed by atoms with Crippen LogP contribution in [0.3, 0.4) is 0 Å². The summed E-state index contributed by atoms with van der Waals surface area (Å²) in [4.78, 5) is 20.3. The molecule has 3 nitrogen and oxygen atoms in total. The minimum absolute atomic E-state index is 0.112. The molecule has 0 saturated heterocycles. The number of ketones is 2. The molecule has 0 aliphatic carbocycles. The maximum atomic E-state index is 10.2. The summed E-state index contributed by atoms with van der Waals surface area (Å²) in [5.41, 5.74) is 0. The Morgan fingerprint density at radius 1 is 1.50 bits per heavy atom. The molecule has 0 aliphatic rings. The van der Waals surface area contributed by atoms with Gasteiger partial charge in [0.05, 0.1) is 5.88 Å². The van der Waals surface area contributed by atoms with E-state index in [2.05, 4.69) is 0 Å². The number of Topliss-reactive ketones (excluding diaryl/α,β-unsaturated/α-hetero) is 2. The first kappa shape index (κ1) is 12.6. The van der Waals surface area contributed by atoms with Gasteiger partial charge >= 0.3 is 21.0 Å². The summed E-state index contributed by atoms with van der Waals surface area (Å²) in [5.74, 6) is -0.700. The van der Waals surface area contributed by atoms with Crippen molar-refractivity contribution in [1.29, 1.82) is 0 Å². The molecule has 10 heavy (non-hydrogen) atoms. The van der Waals surface area contributed by atoms with Gasteiger partial charge in [0.15, 0.2) is 0 Å².